The Morgan fingerprint density at radius 3 is 2.47 bits per heavy atom. The highest BCUT2D eigenvalue weighted by Crippen LogP contribution is 2.38. The Labute approximate surface area is 107 Å². The number of nitrogens with one attached hydrogen (secondary N) is 1. The van der Waals surface area contributed by atoms with Gasteiger partial charge >= 0.3 is 0 Å². The number of ether oxygens (including phenoxy) is 2. The summed E-state index contributed by atoms with van der Waals surface area (Å²) in [5.74, 6) is 1.54. The summed E-state index contributed by atoms with van der Waals surface area (Å²) in [6.07, 6.45) is 0.993. The zero-order chi connectivity index (χ0) is 12.3. The van der Waals surface area contributed by atoms with Gasteiger partial charge in [0.25, 0.3) is 0 Å². The van der Waals surface area contributed by atoms with Crippen LogP contribution in [0.3, 0.4) is 0 Å². The highest BCUT2D eigenvalue weighted by molar-refractivity contribution is 6.31. The van der Waals surface area contributed by atoms with Crippen molar-refractivity contribution < 1.29 is 9.47 Å². The first-order chi connectivity index (χ1) is 8.26. The Bertz CT molecular complexity index is 395. The molecule has 0 amide bonds. The van der Waals surface area contributed by atoms with Crippen LogP contribution in [0.4, 0.5) is 0 Å². The van der Waals surface area contributed by atoms with Gasteiger partial charge in [0, 0.05) is 17.1 Å². The van der Waals surface area contributed by atoms with Crippen LogP contribution in [-0.2, 0) is 0 Å². The van der Waals surface area contributed by atoms with Gasteiger partial charge in [-0.3, -0.25) is 0 Å². The quantitative estimate of drug-likeness (QED) is 0.897. The van der Waals surface area contributed by atoms with Crippen molar-refractivity contribution in [2.75, 3.05) is 19.8 Å². The molecule has 2 rings (SSSR count). The van der Waals surface area contributed by atoms with Crippen LogP contribution in [-0.4, -0.2) is 19.8 Å². The minimum Gasteiger partial charge on any atom is -0.486 e. The van der Waals surface area contributed by atoms with Gasteiger partial charge in [-0.15, -0.1) is 0 Å². The van der Waals surface area contributed by atoms with E-state index in [1.54, 1.807) is 0 Å². The number of hydrogen-bond acceptors (Lipinski definition) is 3. The van der Waals surface area contributed by atoms with Crippen LogP contribution < -0.4 is 14.8 Å². The molecule has 17 heavy (non-hydrogen) atoms. The van der Waals surface area contributed by atoms with Gasteiger partial charge in [0.2, 0.25) is 0 Å². The van der Waals surface area contributed by atoms with Gasteiger partial charge in [-0.1, -0.05) is 25.4 Å². The first-order valence-electron chi connectivity index (χ1n) is 6.08. The van der Waals surface area contributed by atoms with Crippen molar-refractivity contribution in [1.82, 2.24) is 5.32 Å². The zero-order valence-electron chi connectivity index (χ0n) is 10.3. The van der Waals surface area contributed by atoms with E-state index >= 15 is 0 Å². The first-order valence-corrected chi connectivity index (χ1v) is 6.46. The summed E-state index contributed by atoms with van der Waals surface area (Å²) < 4.78 is 11.1. The average Bonchev–Trinajstić information content (AvgIpc) is 2.35. The lowest BCUT2D eigenvalue weighted by atomic mass is 10.0. The van der Waals surface area contributed by atoms with Gasteiger partial charge in [-0.2, -0.15) is 0 Å². The van der Waals surface area contributed by atoms with Crippen LogP contribution >= 0.6 is 11.6 Å². The van der Waals surface area contributed by atoms with Gasteiger partial charge < -0.3 is 14.8 Å². The molecule has 1 aliphatic rings. The maximum Gasteiger partial charge on any atom is 0.162 e. The molecule has 94 valence electrons. The predicted molar refractivity (Wildman–Crippen MR) is 69.2 cm³/mol. The van der Waals surface area contributed by atoms with E-state index in [1.165, 1.54) is 0 Å². The molecular formula is C13H18ClNO2. The lowest BCUT2D eigenvalue weighted by Crippen LogP contribution is -2.21. The van der Waals surface area contributed by atoms with Gasteiger partial charge in [0.05, 0.1) is 0 Å². The topological polar surface area (TPSA) is 30.5 Å². The molecule has 4 heteroatoms. The van der Waals surface area contributed by atoms with Gasteiger partial charge in [-0.25, -0.2) is 0 Å². The van der Waals surface area contributed by atoms with E-state index in [0.717, 1.165) is 35.1 Å². The second-order valence-electron chi connectivity index (χ2n) is 4.04. The maximum absolute atomic E-state index is 6.29. The second-order valence-corrected chi connectivity index (χ2v) is 4.44. The lowest BCUT2D eigenvalue weighted by Gasteiger charge is -2.23. The molecule has 0 saturated carbocycles. The summed E-state index contributed by atoms with van der Waals surface area (Å²) >= 11 is 6.29. The van der Waals surface area contributed by atoms with Gasteiger partial charge in [-0.05, 0) is 24.6 Å². The summed E-state index contributed by atoms with van der Waals surface area (Å²) in [6.45, 7) is 6.34. The Morgan fingerprint density at radius 2 is 1.88 bits per heavy atom. The SMILES string of the molecule is CCNC(CC)c1cc2c(cc1Cl)OCCO2. The molecular weight excluding hydrogens is 238 g/mol. The molecule has 1 aromatic carbocycles. The minimum absolute atomic E-state index is 0.267. The van der Waals surface area contributed by atoms with Crippen LogP contribution in [0.1, 0.15) is 31.9 Å². The van der Waals surface area contributed by atoms with E-state index in [1.807, 2.05) is 12.1 Å². The Hall–Kier alpha value is -0.930. The molecule has 0 bridgehead atoms. The third-order valence-corrected chi connectivity index (χ3v) is 3.22. The molecule has 0 aliphatic carbocycles. The second kappa shape index (κ2) is 5.61. The van der Waals surface area contributed by atoms with Crippen molar-refractivity contribution >= 4 is 11.6 Å². The molecule has 0 fully saturated rings. The van der Waals surface area contributed by atoms with E-state index in [-0.39, 0.29) is 6.04 Å². The molecule has 0 spiro atoms. The third kappa shape index (κ3) is 2.67. The van der Waals surface area contributed by atoms with Crippen LogP contribution in [0.25, 0.3) is 0 Å². The first kappa shape index (κ1) is 12.5. The summed E-state index contributed by atoms with van der Waals surface area (Å²) in [7, 11) is 0. The molecule has 1 aromatic rings. The molecule has 1 aliphatic heterocycles. The average molecular weight is 256 g/mol. The van der Waals surface area contributed by atoms with Gasteiger partial charge in [0.15, 0.2) is 11.5 Å². The van der Waals surface area contributed by atoms with Crippen LogP contribution in [0, 0.1) is 0 Å². The number of rotatable bonds is 4. The van der Waals surface area contributed by atoms with Gasteiger partial charge in [0.1, 0.15) is 13.2 Å². The van der Waals surface area contributed by atoms with Crippen molar-refractivity contribution in [2.45, 2.75) is 26.3 Å². The summed E-state index contributed by atoms with van der Waals surface area (Å²) in [5.41, 5.74) is 1.08. The van der Waals surface area contributed by atoms with Crippen molar-refractivity contribution in [3.05, 3.63) is 22.7 Å². The van der Waals surface area contributed by atoms with E-state index < -0.39 is 0 Å². The minimum atomic E-state index is 0.267. The van der Waals surface area contributed by atoms with Crippen molar-refractivity contribution in [1.29, 1.82) is 0 Å². The fraction of sp³-hybridized carbons (Fsp3) is 0.538. The monoisotopic (exact) mass is 255 g/mol. The lowest BCUT2D eigenvalue weighted by molar-refractivity contribution is 0.171. The van der Waals surface area contributed by atoms with Crippen molar-refractivity contribution in [3.63, 3.8) is 0 Å². The fourth-order valence-electron chi connectivity index (χ4n) is 2.07. The molecule has 0 aromatic heterocycles. The highest BCUT2D eigenvalue weighted by atomic mass is 35.5. The molecule has 1 heterocycles. The number of halogens is 1. The summed E-state index contributed by atoms with van der Waals surface area (Å²) in [5, 5.41) is 4.15. The molecule has 3 nitrogen and oxygen atoms in total. The predicted octanol–water partition coefficient (Wildman–Crippen LogP) is 3.17. The summed E-state index contributed by atoms with van der Waals surface area (Å²) in [6, 6.07) is 4.11. The fourth-order valence-corrected chi connectivity index (χ4v) is 2.35. The molecule has 0 radical (unpaired) electrons. The smallest absolute Gasteiger partial charge is 0.162 e. The molecule has 1 unspecified atom stereocenters. The Morgan fingerprint density at radius 1 is 1.24 bits per heavy atom. The third-order valence-electron chi connectivity index (χ3n) is 2.90. The Kier molecular flexibility index (Phi) is 4.13. The van der Waals surface area contributed by atoms with Crippen molar-refractivity contribution in [2.24, 2.45) is 0 Å². The van der Waals surface area contributed by atoms with E-state index in [4.69, 9.17) is 21.1 Å². The van der Waals surface area contributed by atoms with Crippen LogP contribution in [0.2, 0.25) is 5.02 Å². The molecule has 1 N–H and O–H groups in total. The Balaban J connectivity index is 2.33. The zero-order valence-corrected chi connectivity index (χ0v) is 11.0. The normalized spacial score (nSPS) is 15.7. The van der Waals surface area contributed by atoms with E-state index in [2.05, 4.69) is 19.2 Å². The van der Waals surface area contributed by atoms with Crippen LogP contribution in [0.5, 0.6) is 11.5 Å². The number of benzene rings is 1. The summed E-state index contributed by atoms with van der Waals surface area (Å²) in [4.78, 5) is 0. The largest absolute Gasteiger partial charge is 0.486 e. The number of hydrogen-bond donors (Lipinski definition) is 1. The van der Waals surface area contributed by atoms with E-state index in [0.29, 0.717) is 13.2 Å². The molecule has 0 saturated heterocycles. The standard InChI is InChI=1S/C13H18ClNO2/c1-3-11(15-4-2)9-7-12-13(8-10(9)14)17-6-5-16-12/h7-8,11,15H,3-6H2,1-2H3. The number of fused-ring (bicyclic) bond motifs is 1. The molecule has 1 atom stereocenters. The van der Waals surface area contributed by atoms with E-state index in [9.17, 15) is 0 Å². The van der Waals surface area contributed by atoms with Crippen LogP contribution in [0.15, 0.2) is 12.1 Å². The maximum atomic E-state index is 6.29. The van der Waals surface area contributed by atoms with Crippen molar-refractivity contribution in [3.8, 4) is 11.5 Å². The highest BCUT2D eigenvalue weighted by Gasteiger charge is 2.19.